The Morgan fingerprint density at radius 2 is 1.97 bits per heavy atom. The molecule has 0 amide bonds. The molecule has 0 spiro atoms. The summed E-state index contributed by atoms with van der Waals surface area (Å²) in [7, 11) is 0. The van der Waals surface area contributed by atoms with Crippen LogP contribution in [0.25, 0.3) is 10.4 Å². The van der Waals surface area contributed by atoms with Crippen molar-refractivity contribution in [2.45, 2.75) is 70.4 Å². The molecule has 0 saturated carbocycles. The van der Waals surface area contributed by atoms with Gasteiger partial charge in [-0.1, -0.05) is 56.5 Å². The van der Waals surface area contributed by atoms with Crippen LogP contribution in [0.3, 0.4) is 0 Å². The maximum Gasteiger partial charge on any atom is 0.345 e. The van der Waals surface area contributed by atoms with Gasteiger partial charge >= 0.3 is 5.97 Å². The van der Waals surface area contributed by atoms with Crippen LogP contribution in [0.4, 0.5) is 0 Å². The zero-order valence-corrected chi connectivity index (χ0v) is 18.9. The van der Waals surface area contributed by atoms with E-state index >= 15 is 0 Å². The van der Waals surface area contributed by atoms with Gasteiger partial charge in [0.1, 0.15) is 4.88 Å². The molecular formula is C26H31NO3S. The molecule has 0 fully saturated rings. The maximum absolute atomic E-state index is 11.1. The van der Waals surface area contributed by atoms with Crippen LogP contribution < -0.4 is 0 Å². The van der Waals surface area contributed by atoms with E-state index in [-0.39, 0.29) is 12.0 Å². The molecule has 1 heterocycles. The summed E-state index contributed by atoms with van der Waals surface area (Å²) in [5.41, 5.74) is 3.35. The Balaban J connectivity index is 1.61. The fraction of sp³-hybridized carbons (Fsp3) is 0.462. The number of thiophene rings is 1. The van der Waals surface area contributed by atoms with Gasteiger partial charge in [-0.15, -0.1) is 11.3 Å². The van der Waals surface area contributed by atoms with Crippen molar-refractivity contribution in [3.05, 3.63) is 74.8 Å². The summed E-state index contributed by atoms with van der Waals surface area (Å²) in [6.45, 7) is 9.76. The van der Waals surface area contributed by atoms with Crippen molar-refractivity contribution in [3.8, 4) is 0 Å². The Morgan fingerprint density at radius 1 is 1.19 bits per heavy atom. The molecule has 0 bridgehead atoms. The summed E-state index contributed by atoms with van der Waals surface area (Å²) in [5.74, 6) is -0.666. The first kappa shape index (κ1) is 23.2. The third-order valence-electron chi connectivity index (χ3n) is 6.13. The first-order chi connectivity index (χ1) is 15.0. The Morgan fingerprint density at radius 3 is 2.61 bits per heavy atom. The number of hydrogen-bond acceptors (Lipinski definition) is 3. The van der Waals surface area contributed by atoms with Gasteiger partial charge in [-0.2, -0.15) is 0 Å². The summed E-state index contributed by atoms with van der Waals surface area (Å²) in [4.78, 5) is 16.4. The Labute approximate surface area is 189 Å². The van der Waals surface area contributed by atoms with Crippen molar-refractivity contribution in [1.29, 1.82) is 0 Å². The van der Waals surface area contributed by atoms with Gasteiger partial charge in [0.15, 0.2) is 0 Å². The predicted molar refractivity (Wildman–Crippen MR) is 126 cm³/mol. The smallest absolute Gasteiger partial charge is 0.345 e. The second kappa shape index (κ2) is 11.3. The number of carbonyl (C=O) groups is 1. The normalized spacial score (nSPS) is 19.1. The molecule has 0 saturated heterocycles. The van der Waals surface area contributed by atoms with Gasteiger partial charge in [-0.3, -0.25) is 0 Å². The fourth-order valence-corrected chi connectivity index (χ4v) is 5.26. The standard InChI is InChI=1S/C26H31NO3S/c1-3-4-5-9-24(28)19-12-10-18(11-13-19)21-15-16-23(27-2)22(21)8-6-7-20-14-17-25(31-20)26(29)30/h10-15,17,22-24,28H,3-9,16H2,1H3,(H,29,30)/t22-,23?,24?/m1/s1. The quantitative estimate of drug-likeness (QED) is 0.301. The highest BCUT2D eigenvalue weighted by Crippen LogP contribution is 2.39. The molecule has 3 atom stereocenters. The molecule has 3 rings (SSSR count). The van der Waals surface area contributed by atoms with Crippen LogP contribution in [0.2, 0.25) is 0 Å². The van der Waals surface area contributed by atoms with Crippen molar-refractivity contribution >= 4 is 22.9 Å². The molecule has 31 heavy (non-hydrogen) atoms. The first-order valence-corrected chi connectivity index (χ1v) is 12.0. The van der Waals surface area contributed by atoms with E-state index in [1.165, 1.54) is 16.9 Å². The van der Waals surface area contributed by atoms with Crippen molar-refractivity contribution in [2.75, 3.05) is 0 Å². The van der Waals surface area contributed by atoms with E-state index in [0.717, 1.165) is 67.4 Å². The molecule has 1 aromatic heterocycles. The zero-order chi connectivity index (χ0) is 22.2. The van der Waals surface area contributed by atoms with Crippen molar-refractivity contribution in [1.82, 2.24) is 0 Å². The first-order valence-electron chi connectivity index (χ1n) is 11.2. The van der Waals surface area contributed by atoms with Crippen LogP contribution in [0, 0.1) is 12.5 Å². The maximum atomic E-state index is 11.1. The molecule has 1 aliphatic rings. The lowest BCUT2D eigenvalue weighted by Crippen LogP contribution is -2.13. The van der Waals surface area contributed by atoms with E-state index in [4.69, 9.17) is 11.7 Å². The van der Waals surface area contributed by atoms with Gasteiger partial charge < -0.3 is 15.1 Å². The molecule has 4 nitrogen and oxygen atoms in total. The van der Waals surface area contributed by atoms with Gasteiger partial charge in [-0.25, -0.2) is 11.4 Å². The largest absolute Gasteiger partial charge is 0.477 e. The Hall–Kier alpha value is -2.42. The van der Waals surface area contributed by atoms with Crippen LogP contribution >= 0.6 is 11.3 Å². The van der Waals surface area contributed by atoms with Crippen LogP contribution in [0.5, 0.6) is 0 Å². The Kier molecular flexibility index (Phi) is 8.45. The SMILES string of the molecule is [C-]#[N+]C1CC=C(c2ccc(C(O)CCCCC)cc2)[C@H]1CCCc1ccc(C(=O)O)s1. The molecule has 2 aromatic rings. The summed E-state index contributed by atoms with van der Waals surface area (Å²) in [5, 5.41) is 19.5. The summed E-state index contributed by atoms with van der Waals surface area (Å²) < 4.78 is 0. The number of benzene rings is 1. The topological polar surface area (TPSA) is 61.9 Å². The fourth-order valence-electron chi connectivity index (χ4n) is 4.37. The number of nitrogens with zero attached hydrogens (tertiary/aromatic N) is 1. The molecule has 0 radical (unpaired) electrons. The van der Waals surface area contributed by atoms with Crippen LogP contribution in [-0.4, -0.2) is 22.2 Å². The molecule has 0 aliphatic heterocycles. The molecule has 1 aromatic carbocycles. The lowest BCUT2D eigenvalue weighted by molar-refractivity contribution is 0.0702. The summed E-state index contributed by atoms with van der Waals surface area (Å²) in [6.07, 6.45) is 9.40. The van der Waals surface area contributed by atoms with Crippen LogP contribution in [-0.2, 0) is 6.42 Å². The van der Waals surface area contributed by atoms with Crippen molar-refractivity contribution < 1.29 is 15.0 Å². The van der Waals surface area contributed by atoms with E-state index in [2.05, 4.69) is 30.0 Å². The lowest BCUT2D eigenvalue weighted by Gasteiger charge is -2.17. The second-order valence-corrected chi connectivity index (χ2v) is 9.46. The minimum atomic E-state index is -0.871. The number of aryl methyl sites for hydroxylation is 1. The Bertz CT molecular complexity index is 938. The number of unbranched alkanes of at least 4 members (excludes halogenated alkanes) is 2. The number of carboxylic acids is 1. The van der Waals surface area contributed by atoms with Gasteiger partial charge in [0.05, 0.1) is 12.0 Å². The number of hydrogen-bond donors (Lipinski definition) is 2. The van der Waals surface area contributed by atoms with Gasteiger partial charge in [0.2, 0.25) is 6.04 Å². The zero-order valence-electron chi connectivity index (χ0n) is 18.1. The van der Waals surface area contributed by atoms with E-state index in [9.17, 15) is 9.90 Å². The van der Waals surface area contributed by atoms with Gasteiger partial charge in [0.25, 0.3) is 0 Å². The molecule has 164 valence electrons. The van der Waals surface area contributed by atoms with Crippen molar-refractivity contribution in [2.24, 2.45) is 5.92 Å². The summed E-state index contributed by atoms with van der Waals surface area (Å²) >= 11 is 1.34. The molecule has 1 aliphatic carbocycles. The average Bonchev–Trinajstić information content (AvgIpc) is 3.41. The van der Waals surface area contributed by atoms with Gasteiger partial charge in [0, 0.05) is 11.3 Å². The lowest BCUT2D eigenvalue weighted by atomic mass is 9.87. The van der Waals surface area contributed by atoms with E-state index < -0.39 is 12.1 Å². The second-order valence-electron chi connectivity index (χ2n) is 8.30. The highest BCUT2D eigenvalue weighted by molar-refractivity contribution is 7.13. The molecular weight excluding hydrogens is 406 g/mol. The number of rotatable bonds is 11. The highest BCUT2D eigenvalue weighted by Gasteiger charge is 2.34. The monoisotopic (exact) mass is 437 g/mol. The highest BCUT2D eigenvalue weighted by atomic mass is 32.1. The third-order valence-corrected chi connectivity index (χ3v) is 7.26. The molecule has 2 unspecified atom stereocenters. The molecule has 5 heteroatoms. The minimum absolute atomic E-state index is 0.0211. The van der Waals surface area contributed by atoms with Crippen LogP contribution in [0.15, 0.2) is 42.5 Å². The van der Waals surface area contributed by atoms with Gasteiger partial charge in [-0.05, 0) is 54.5 Å². The van der Waals surface area contributed by atoms with Crippen LogP contribution in [0.1, 0.15) is 83.6 Å². The van der Waals surface area contributed by atoms with E-state index in [0.29, 0.717) is 4.88 Å². The number of aliphatic hydroxyl groups excluding tert-OH is 1. The van der Waals surface area contributed by atoms with Crippen molar-refractivity contribution in [3.63, 3.8) is 0 Å². The summed E-state index contributed by atoms with van der Waals surface area (Å²) in [6, 6.07) is 11.8. The van der Waals surface area contributed by atoms with E-state index in [1.54, 1.807) is 6.07 Å². The minimum Gasteiger partial charge on any atom is -0.477 e. The average molecular weight is 438 g/mol. The number of carboxylic acid groups (broad SMARTS) is 1. The molecule has 2 N–H and O–H groups in total. The third kappa shape index (κ3) is 6.06. The predicted octanol–water partition coefficient (Wildman–Crippen LogP) is 6.77. The number of aliphatic hydroxyl groups is 1. The number of aromatic carboxylic acids is 1. The van der Waals surface area contributed by atoms with E-state index in [1.807, 2.05) is 18.2 Å².